The maximum atomic E-state index is 10.3. The summed E-state index contributed by atoms with van der Waals surface area (Å²) in [6.07, 6.45) is 4.95. The molecule has 2 aliphatic rings. The van der Waals surface area contributed by atoms with Gasteiger partial charge in [0.05, 0.1) is 0 Å². The normalized spacial score (nSPS) is 18.7. The summed E-state index contributed by atoms with van der Waals surface area (Å²) in [6.45, 7) is 3.04. The van der Waals surface area contributed by atoms with Gasteiger partial charge in [-0.2, -0.15) is 5.26 Å². The molecule has 0 bridgehead atoms. The van der Waals surface area contributed by atoms with Crippen molar-refractivity contribution >= 4 is 16.5 Å². The van der Waals surface area contributed by atoms with Crippen molar-refractivity contribution in [3.63, 3.8) is 0 Å². The number of hydrogen-bond acceptors (Lipinski definition) is 6. The second-order valence-corrected chi connectivity index (χ2v) is 8.50. The minimum absolute atomic E-state index is 0.249. The quantitative estimate of drug-likeness (QED) is 0.699. The summed E-state index contributed by atoms with van der Waals surface area (Å²) in [5.74, 6) is 0.684. The Kier molecular flexibility index (Phi) is 5.13. The fourth-order valence-corrected chi connectivity index (χ4v) is 4.82. The van der Waals surface area contributed by atoms with Crippen molar-refractivity contribution in [2.24, 2.45) is 0 Å². The summed E-state index contributed by atoms with van der Waals surface area (Å²) >= 11 is 0. The predicted molar refractivity (Wildman–Crippen MR) is 120 cm³/mol. The minimum atomic E-state index is 0.249. The van der Waals surface area contributed by atoms with E-state index in [4.69, 9.17) is 4.74 Å². The van der Waals surface area contributed by atoms with Crippen molar-refractivity contribution in [2.45, 2.75) is 31.8 Å². The largest absolute Gasteiger partial charge is 0.508 e. The molecule has 0 aliphatic carbocycles. The van der Waals surface area contributed by atoms with E-state index in [1.807, 2.05) is 30.5 Å². The van der Waals surface area contributed by atoms with Crippen molar-refractivity contribution in [3.8, 4) is 17.7 Å². The zero-order chi connectivity index (χ0) is 21.4. The van der Waals surface area contributed by atoms with Crippen LogP contribution in [0.25, 0.3) is 10.8 Å². The van der Waals surface area contributed by atoms with Crippen LogP contribution in [-0.4, -0.2) is 47.8 Å². The monoisotopic (exact) mass is 414 g/mol. The van der Waals surface area contributed by atoms with Crippen molar-refractivity contribution in [1.29, 1.82) is 5.26 Å². The zero-order valence-corrected chi connectivity index (χ0v) is 17.7. The Morgan fingerprint density at radius 1 is 1.26 bits per heavy atom. The second-order valence-electron chi connectivity index (χ2n) is 8.50. The summed E-state index contributed by atoms with van der Waals surface area (Å²) < 4.78 is 6.04. The van der Waals surface area contributed by atoms with Gasteiger partial charge in [0.15, 0.2) is 0 Å². The molecule has 3 heterocycles. The molecule has 31 heavy (non-hydrogen) atoms. The summed E-state index contributed by atoms with van der Waals surface area (Å²) in [7, 11) is 2.12. The molecule has 0 saturated carbocycles. The van der Waals surface area contributed by atoms with Crippen LogP contribution in [-0.2, 0) is 13.0 Å². The SMILES string of the molecule is CN1CCC[C@H]1COc1ncc2c(c1C#N)CN(c1cc(O)cc3ccccc13)CC2. The number of ether oxygens (including phenoxy) is 1. The van der Waals surface area contributed by atoms with Gasteiger partial charge in [-0.15, -0.1) is 0 Å². The van der Waals surface area contributed by atoms with Gasteiger partial charge in [-0.25, -0.2) is 4.98 Å². The van der Waals surface area contributed by atoms with Crippen LogP contribution in [0, 0.1) is 11.3 Å². The molecule has 2 aliphatic heterocycles. The Bertz CT molecular complexity index is 1170. The third-order valence-corrected chi connectivity index (χ3v) is 6.60. The Morgan fingerprint density at radius 3 is 2.94 bits per heavy atom. The molecule has 2 aromatic carbocycles. The van der Waals surface area contributed by atoms with Crippen molar-refractivity contribution in [3.05, 3.63) is 59.3 Å². The van der Waals surface area contributed by atoms with Gasteiger partial charge in [0.1, 0.15) is 24.0 Å². The minimum Gasteiger partial charge on any atom is -0.508 e. The first-order valence-electron chi connectivity index (χ1n) is 10.8. The number of aromatic nitrogens is 1. The standard InChI is InChI=1S/C25H26N4O2/c1-28-9-4-6-19(28)16-31-25-22(13-26)23-15-29(10-8-18(23)14-27-25)24-12-20(30)11-17-5-2-3-7-21(17)24/h2-3,5,7,11-12,14,19,30H,4,6,8-10,15-16H2,1H3/t19-/m0/s1. The summed E-state index contributed by atoms with van der Waals surface area (Å²) in [4.78, 5) is 9.03. The number of nitriles is 1. The Balaban J connectivity index is 1.46. The summed E-state index contributed by atoms with van der Waals surface area (Å²) in [6, 6.07) is 14.4. The molecular formula is C25H26N4O2. The number of aromatic hydroxyl groups is 1. The number of hydrogen-bond donors (Lipinski definition) is 1. The van der Waals surface area contributed by atoms with Gasteiger partial charge in [-0.1, -0.05) is 24.3 Å². The van der Waals surface area contributed by atoms with Crippen LogP contribution >= 0.6 is 0 Å². The molecule has 1 fully saturated rings. The molecular weight excluding hydrogens is 388 g/mol. The average molecular weight is 415 g/mol. The van der Waals surface area contributed by atoms with Crippen molar-refractivity contribution < 1.29 is 9.84 Å². The highest BCUT2D eigenvalue weighted by Crippen LogP contribution is 2.36. The lowest BCUT2D eigenvalue weighted by molar-refractivity contribution is 0.192. The molecule has 0 radical (unpaired) electrons. The summed E-state index contributed by atoms with van der Waals surface area (Å²) in [5, 5.41) is 22.3. The molecule has 5 rings (SSSR count). The Hall–Kier alpha value is -3.30. The molecule has 1 aromatic heterocycles. The predicted octanol–water partition coefficient (Wildman–Crippen LogP) is 3.85. The molecule has 1 saturated heterocycles. The number of likely N-dealkylation sites (tertiary alicyclic amines) is 1. The lowest BCUT2D eigenvalue weighted by Gasteiger charge is -2.32. The molecule has 158 valence electrons. The molecule has 0 amide bonds. The first kappa shape index (κ1) is 19.7. The smallest absolute Gasteiger partial charge is 0.232 e. The molecule has 3 aromatic rings. The van der Waals surface area contributed by atoms with E-state index in [2.05, 4.69) is 34.0 Å². The maximum absolute atomic E-state index is 10.3. The molecule has 0 spiro atoms. The number of rotatable bonds is 4. The van der Waals surface area contributed by atoms with Gasteiger partial charge in [0.2, 0.25) is 5.88 Å². The number of phenolic OH excluding ortho intramolecular Hbond substituents is 1. The van der Waals surface area contributed by atoms with E-state index >= 15 is 0 Å². The Labute approximate surface area is 182 Å². The highest BCUT2D eigenvalue weighted by Gasteiger charge is 2.26. The first-order valence-corrected chi connectivity index (χ1v) is 10.8. The Morgan fingerprint density at radius 2 is 2.13 bits per heavy atom. The van der Waals surface area contributed by atoms with Gasteiger partial charge in [0.25, 0.3) is 0 Å². The third-order valence-electron chi connectivity index (χ3n) is 6.60. The van der Waals surface area contributed by atoms with Crippen molar-refractivity contribution in [1.82, 2.24) is 9.88 Å². The van der Waals surface area contributed by atoms with Gasteiger partial charge in [0, 0.05) is 42.5 Å². The van der Waals surface area contributed by atoms with Crippen LogP contribution in [0.5, 0.6) is 11.6 Å². The highest BCUT2D eigenvalue weighted by atomic mass is 16.5. The number of fused-ring (bicyclic) bond motifs is 2. The van der Waals surface area contributed by atoms with Crippen LogP contribution in [0.15, 0.2) is 42.6 Å². The molecule has 1 N–H and O–H groups in total. The molecule has 0 unspecified atom stereocenters. The topological polar surface area (TPSA) is 72.6 Å². The number of nitrogens with zero attached hydrogens (tertiary/aromatic N) is 4. The lowest BCUT2D eigenvalue weighted by atomic mass is 9.96. The second kappa shape index (κ2) is 8.09. The molecule has 6 heteroatoms. The fourth-order valence-electron chi connectivity index (χ4n) is 4.82. The van der Waals surface area contributed by atoms with Crippen molar-refractivity contribution in [2.75, 3.05) is 31.6 Å². The fraction of sp³-hybridized carbons (Fsp3) is 0.360. The van der Waals surface area contributed by atoms with Crippen LogP contribution in [0.2, 0.25) is 0 Å². The van der Waals surface area contributed by atoms with Crippen LogP contribution in [0.3, 0.4) is 0 Å². The molecule has 6 nitrogen and oxygen atoms in total. The van der Waals surface area contributed by atoms with E-state index in [1.165, 1.54) is 6.42 Å². The number of pyridine rings is 1. The van der Waals surface area contributed by atoms with E-state index < -0.39 is 0 Å². The van der Waals surface area contributed by atoms with E-state index in [1.54, 1.807) is 6.07 Å². The van der Waals surface area contributed by atoms with Crippen LogP contribution < -0.4 is 9.64 Å². The number of likely N-dealkylation sites (N-methyl/N-ethyl adjacent to an activating group) is 1. The number of benzene rings is 2. The van der Waals surface area contributed by atoms with E-state index in [-0.39, 0.29) is 5.75 Å². The number of anilines is 1. The van der Waals surface area contributed by atoms with E-state index in [9.17, 15) is 10.4 Å². The summed E-state index contributed by atoms with van der Waals surface area (Å²) in [5.41, 5.74) is 3.60. The van der Waals surface area contributed by atoms with Gasteiger partial charge >= 0.3 is 0 Å². The average Bonchev–Trinajstić information content (AvgIpc) is 3.20. The zero-order valence-electron chi connectivity index (χ0n) is 17.7. The molecule has 1 atom stereocenters. The highest BCUT2D eigenvalue weighted by molar-refractivity contribution is 5.95. The van der Waals surface area contributed by atoms with E-state index in [0.717, 1.165) is 53.5 Å². The third kappa shape index (κ3) is 3.66. The first-order chi connectivity index (χ1) is 15.1. The van der Waals surface area contributed by atoms with Gasteiger partial charge in [-0.05, 0) is 55.4 Å². The van der Waals surface area contributed by atoms with Gasteiger partial charge in [-0.3, -0.25) is 0 Å². The lowest BCUT2D eigenvalue weighted by Crippen LogP contribution is -2.32. The van der Waals surface area contributed by atoms with Crippen LogP contribution in [0.4, 0.5) is 5.69 Å². The van der Waals surface area contributed by atoms with Gasteiger partial charge < -0.3 is 19.6 Å². The maximum Gasteiger partial charge on any atom is 0.232 e. The van der Waals surface area contributed by atoms with Crippen LogP contribution in [0.1, 0.15) is 29.5 Å². The van der Waals surface area contributed by atoms with E-state index in [0.29, 0.717) is 30.6 Å². The number of phenols is 1.